The summed E-state index contributed by atoms with van der Waals surface area (Å²) in [4.78, 5) is 18.4. The van der Waals surface area contributed by atoms with Crippen molar-refractivity contribution in [2.45, 2.75) is 13.5 Å². The van der Waals surface area contributed by atoms with E-state index in [1.807, 2.05) is 24.4 Å². The standard InChI is InChI=1S/C19H15FN4OS/c1-12-8-16(19(25)23-14-5-2-4-13(20)9-14)17-10-21-24(18(17)22-12)11-15-6-3-7-26-15/h2-10H,11H2,1H3,(H,23,25). The molecule has 0 atom stereocenters. The van der Waals surface area contributed by atoms with Crippen LogP contribution < -0.4 is 5.32 Å². The van der Waals surface area contributed by atoms with E-state index in [2.05, 4.69) is 15.4 Å². The number of aryl methyl sites for hydroxylation is 1. The number of rotatable bonds is 4. The molecule has 0 unspecified atom stereocenters. The second kappa shape index (κ2) is 6.68. The number of hydrogen-bond acceptors (Lipinski definition) is 4. The van der Waals surface area contributed by atoms with Gasteiger partial charge in [-0.3, -0.25) is 4.79 Å². The Bertz CT molecular complexity index is 1090. The van der Waals surface area contributed by atoms with Crippen molar-refractivity contribution in [2.75, 3.05) is 5.32 Å². The minimum Gasteiger partial charge on any atom is -0.322 e. The number of halogens is 1. The smallest absolute Gasteiger partial charge is 0.256 e. The molecular formula is C19H15FN4OS. The molecule has 0 aliphatic rings. The molecule has 1 N–H and O–H groups in total. The van der Waals surface area contributed by atoms with Gasteiger partial charge in [-0.25, -0.2) is 14.1 Å². The van der Waals surface area contributed by atoms with E-state index in [4.69, 9.17) is 0 Å². The summed E-state index contributed by atoms with van der Waals surface area (Å²) in [5.41, 5.74) is 2.25. The van der Waals surface area contributed by atoms with Crippen LogP contribution in [-0.4, -0.2) is 20.7 Å². The largest absolute Gasteiger partial charge is 0.322 e. The fraction of sp³-hybridized carbons (Fsp3) is 0.105. The highest BCUT2D eigenvalue weighted by Gasteiger charge is 2.16. The lowest BCUT2D eigenvalue weighted by Crippen LogP contribution is -2.13. The molecule has 1 amide bonds. The number of fused-ring (bicyclic) bond motifs is 1. The number of hydrogen-bond donors (Lipinski definition) is 1. The maximum atomic E-state index is 13.3. The van der Waals surface area contributed by atoms with Crippen LogP contribution in [0.1, 0.15) is 20.9 Å². The van der Waals surface area contributed by atoms with Gasteiger partial charge in [0.1, 0.15) is 5.82 Å². The summed E-state index contributed by atoms with van der Waals surface area (Å²) in [6, 6.07) is 11.5. The number of aromatic nitrogens is 3. The molecule has 130 valence electrons. The van der Waals surface area contributed by atoms with Crippen molar-refractivity contribution in [3.63, 3.8) is 0 Å². The lowest BCUT2D eigenvalue weighted by molar-refractivity contribution is 0.102. The average molecular weight is 366 g/mol. The van der Waals surface area contributed by atoms with Crippen LogP contribution in [-0.2, 0) is 6.54 Å². The molecule has 5 nitrogen and oxygen atoms in total. The van der Waals surface area contributed by atoms with E-state index < -0.39 is 5.82 Å². The zero-order valence-corrected chi connectivity index (χ0v) is 14.8. The molecule has 7 heteroatoms. The molecule has 26 heavy (non-hydrogen) atoms. The first-order valence-corrected chi connectivity index (χ1v) is 8.90. The Morgan fingerprint density at radius 1 is 1.27 bits per heavy atom. The van der Waals surface area contributed by atoms with Crippen molar-refractivity contribution in [2.24, 2.45) is 0 Å². The van der Waals surface area contributed by atoms with Gasteiger partial charge < -0.3 is 5.32 Å². The van der Waals surface area contributed by atoms with Crippen LogP contribution in [0.4, 0.5) is 10.1 Å². The Morgan fingerprint density at radius 3 is 2.92 bits per heavy atom. The Labute approximate surface area is 153 Å². The van der Waals surface area contributed by atoms with Gasteiger partial charge in [-0.1, -0.05) is 12.1 Å². The maximum absolute atomic E-state index is 13.3. The molecule has 3 heterocycles. The highest BCUT2D eigenvalue weighted by Crippen LogP contribution is 2.22. The van der Waals surface area contributed by atoms with Gasteiger partial charge in [-0.2, -0.15) is 5.10 Å². The van der Waals surface area contributed by atoms with Gasteiger partial charge in [0.05, 0.1) is 23.7 Å². The third-order valence-corrected chi connectivity index (χ3v) is 4.81. The SMILES string of the molecule is Cc1cc(C(=O)Nc2cccc(F)c2)c2cnn(Cc3cccs3)c2n1. The van der Waals surface area contributed by atoms with Crippen molar-refractivity contribution in [1.29, 1.82) is 0 Å². The van der Waals surface area contributed by atoms with E-state index in [0.29, 0.717) is 28.8 Å². The minimum atomic E-state index is -0.400. The fourth-order valence-electron chi connectivity index (χ4n) is 2.79. The van der Waals surface area contributed by atoms with Gasteiger partial charge in [0.25, 0.3) is 5.91 Å². The number of carbonyl (C=O) groups excluding carboxylic acids is 1. The molecule has 0 spiro atoms. The van der Waals surface area contributed by atoms with E-state index in [-0.39, 0.29) is 5.91 Å². The number of nitrogens with one attached hydrogen (secondary N) is 1. The van der Waals surface area contributed by atoms with Gasteiger partial charge in [0.15, 0.2) is 5.65 Å². The maximum Gasteiger partial charge on any atom is 0.256 e. The molecule has 1 aromatic carbocycles. The van der Waals surface area contributed by atoms with Crippen molar-refractivity contribution >= 4 is 34.0 Å². The molecule has 4 rings (SSSR count). The molecule has 0 aliphatic carbocycles. The Hall–Kier alpha value is -3.06. The van der Waals surface area contributed by atoms with E-state index in [1.165, 1.54) is 12.1 Å². The number of nitrogens with zero attached hydrogens (tertiary/aromatic N) is 3. The van der Waals surface area contributed by atoms with Crippen LogP contribution in [0, 0.1) is 12.7 Å². The molecule has 0 saturated carbocycles. The van der Waals surface area contributed by atoms with Gasteiger partial charge in [-0.05, 0) is 42.6 Å². The molecule has 0 fully saturated rings. The van der Waals surface area contributed by atoms with E-state index in [9.17, 15) is 9.18 Å². The molecule has 3 aromatic heterocycles. The Balaban J connectivity index is 1.70. The summed E-state index contributed by atoms with van der Waals surface area (Å²) < 4.78 is 15.1. The first-order valence-electron chi connectivity index (χ1n) is 8.02. The lowest BCUT2D eigenvalue weighted by Gasteiger charge is -2.08. The average Bonchev–Trinajstić information content (AvgIpc) is 3.25. The van der Waals surface area contributed by atoms with Crippen LogP contribution >= 0.6 is 11.3 Å². The Morgan fingerprint density at radius 2 is 2.15 bits per heavy atom. The second-order valence-corrected chi connectivity index (χ2v) is 6.93. The van der Waals surface area contributed by atoms with E-state index in [1.54, 1.807) is 40.4 Å². The summed E-state index contributed by atoms with van der Waals surface area (Å²) in [5.74, 6) is -0.718. The Kier molecular flexibility index (Phi) is 4.22. The van der Waals surface area contributed by atoms with Gasteiger partial charge >= 0.3 is 0 Å². The van der Waals surface area contributed by atoms with Crippen LogP contribution in [0.15, 0.2) is 54.0 Å². The third kappa shape index (κ3) is 3.21. The topological polar surface area (TPSA) is 59.8 Å². The van der Waals surface area contributed by atoms with Gasteiger partial charge in [0.2, 0.25) is 0 Å². The number of thiophene rings is 1. The second-order valence-electron chi connectivity index (χ2n) is 5.89. The lowest BCUT2D eigenvalue weighted by atomic mass is 10.1. The zero-order valence-electron chi connectivity index (χ0n) is 13.9. The van der Waals surface area contributed by atoms with E-state index >= 15 is 0 Å². The first-order chi connectivity index (χ1) is 12.6. The number of anilines is 1. The quantitative estimate of drug-likeness (QED) is 0.588. The van der Waals surface area contributed by atoms with Crippen molar-refractivity contribution < 1.29 is 9.18 Å². The summed E-state index contributed by atoms with van der Waals surface area (Å²) in [5, 5.41) is 9.81. The summed E-state index contributed by atoms with van der Waals surface area (Å²) in [6.07, 6.45) is 1.65. The summed E-state index contributed by atoms with van der Waals surface area (Å²) in [6.45, 7) is 2.43. The van der Waals surface area contributed by atoms with Crippen molar-refractivity contribution in [3.8, 4) is 0 Å². The minimum absolute atomic E-state index is 0.318. The highest BCUT2D eigenvalue weighted by molar-refractivity contribution is 7.09. The van der Waals surface area contributed by atoms with Crippen LogP contribution in [0.2, 0.25) is 0 Å². The highest BCUT2D eigenvalue weighted by atomic mass is 32.1. The first kappa shape index (κ1) is 16.4. The van der Waals surface area contributed by atoms with Gasteiger partial charge in [0, 0.05) is 16.3 Å². The number of pyridine rings is 1. The molecule has 4 aromatic rings. The monoisotopic (exact) mass is 366 g/mol. The fourth-order valence-corrected chi connectivity index (χ4v) is 3.48. The predicted octanol–water partition coefficient (Wildman–Crippen LogP) is 4.24. The van der Waals surface area contributed by atoms with Crippen LogP contribution in [0.3, 0.4) is 0 Å². The normalized spacial score (nSPS) is 11.0. The number of benzene rings is 1. The molecule has 0 saturated heterocycles. The number of carbonyl (C=O) groups is 1. The van der Waals surface area contributed by atoms with E-state index in [0.717, 1.165) is 10.6 Å². The molecule has 0 radical (unpaired) electrons. The number of amides is 1. The van der Waals surface area contributed by atoms with Gasteiger partial charge in [-0.15, -0.1) is 11.3 Å². The third-order valence-electron chi connectivity index (χ3n) is 3.95. The summed E-state index contributed by atoms with van der Waals surface area (Å²) >= 11 is 1.64. The van der Waals surface area contributed by atoms with Crippen LogP contribution in [0.5, 0.6) is 0 Å². The molecular weight excluding hydrogens is 351 g/mol. The van der Waals surface area contributed by atoms with Crippen LogP contribution in [0.25, 0.3) is 11.0 Å². The summed E-state index contributed by atoms with van der Waals surface area (Å²) in [7, 11) is 0. The van der Waals surface area contributed by atoms with Crippen molar-refractivity contribution in [1.82, 2.24) is 14.8 Å². The molecule has 0 bridgehead atoms. The predicted molar refractivity (Wildman–Crippen MR) is 100 cm³/mol. The molecule has 0 aliphatic heterocycles. The zero-order chi connectivity index (χ0) is 18.1. The van der Waals surface area contributed by atoms with Crippen molar-refractivity contribution in [3.05, 3.63) is 76.0 Å².